The maximum atomic E-state index is 11.5. The van der Waals surface area contributed by atoms with Crippen LogP contribution in [0.1, 0.15) is 35.2 Å². The van der Waals surface area contributed by atoms with Gasteiger partial charge in [0.2, 0.25) is 0 Å². The second-order valence-electron chi connectivity index (χ2n) is 4.57. The highest BCUT2D eigenvalue weighted by Gasteiger charge is 2.17. The molecule has 2 N–H and O–H groups in total. The molecule has 20 heavy (non-hydrogen) atoms. The summed E-state index contributed by atoms with van der Waals surface area (Å²) in [6.07, 6.45) is 3.15. The number of methoxy groups -OCH3 is 1. The summed E-state index contributed by atoms with van der Waals surface area (Å²) in [6, 6.07) is 5.17. The molecule has 1 atom stereocenters. The first kappa shape index (κ1) is 15.2. The zero-order chi connectivity index (χ0) is 14.5. The van der Waals surface area contributed by atoms with Crippen LogP contribution in [0.2, 0.25) is 0 Å². The van der Waals surface area contributed by atoms with Crippen LogP contribution < -0.4 is 5.32 Å². The Bertz CT molecular complexity index is 513. The van der Waals surface area contributed by atoms with Gasteiger partial charge in [-0.1, -0.05) is 0 Å². The number of carbonyl (C=O) groups excluding carboxylic acids is 1. The van der Waals surface area contributed by atoms with E-state index < -0.39 is 5.97 Å². The Morgan fingerprint density at radius 3 is 2.90 bits per heavy atom. The minimum atomic E-state index is -0.399. The monoisotopic (exact) mass is 388 g/mol. The van der Waals surface area contributed by atoms with E-state index in [1.54, 1.807) is 18.2 Å². The fourth-order valence-electron chi connectivity index (χ4n) is 2.12. The average molecular weight is 388 g/mol. The first-order valence-electron chi connectivity index (χ1n) is 6.46. The smallest absolute Gasteiger partial charge is 0.337 e. The molecule has 1 aliphatic heterocycles. The van der Waals surface area contributed by atoms with E-state index in [1.165, 1.54) is 7.11 Å². The zero-order valence-electron chi connectivity index (χ0n) is 11.2. The van der Waals surface area contributed by atoms with Crippen LogP contribution in [0.5, 0.6) is 0 Å². The number of hydrogen-bond donors (Lipinski definition) is 2. The van der Waals surface area contributed by atoms with Gasteiger partial charge in [-0.05, 0) is 60.1 Å². The number of nitrogens with one attached hydrogen (secondary N) is 2. The number of carbonyl (C=O) groups is 1. The molecule has 0 saturated carbocycles. The fraction of sp³-hybridized carbons (Fsp3) is 0.429. The molecule has 0 bridgehead atoms. The lowest BCUT2D eigenvalue weighted by Crippen LogP contribution is -2.27. The van der Waals surface area contributed by atoms with Crippen molar-refractivity contribution in [3.05, 3.63) is 29.3 Å². The van der Waals surface area contributed by atoms with Crippen molar-refractivity contribution in [3.8, 4) is 0 Å². The van der Waals surface area contributed by atoms with E-state index in [-0.39, 0.29) is 6.23 Å². The van der Waals surface area contributed by atoms with Crippen LogP contribution in [-0.4, -0.2) is 29.6 Å². The fourth-order valence-corrected chi connectivity index (χ4v) is 2.57. The summed E-state index contributed by atoms with van der Waals surface area (Å²) < 4.78 is 10.7. The molecule has 108 valence electrons. The molecule has 0 aliphatic carbocycles. The summed E-state index contributed by atoms with van der Waals surface area (Å²) in [5, 5.41) is 11.1. The van der Waals surface area contributed by atoms with Gasteiger partial charge in [0.05, 0.1) is 12.7 Å². The minimum absolute atomic E-state index is 0.0257. The molecule has 0 aromatic heterocycles. The van der Waals surface area contributed by atoms with E-state index in [4.69, 9.17) is 14.9 Å². The molecule has 0 spiro atoms. The van der Waals surface area contributed by atoms with Gasteiger partial charge in [-0.25, -0.2) is 4.79 Å². The Kier molecular flexibility index (Phi) is 5.36. The molecule has 6 heteroatoms. The van der Waals surface area contributed by atoms with Crippen LogP contribution in [0, 0.1) is 5.41 Å². The molecule has 0 radical (unpaired) electrons. The molecule has 1 aliphatic rings. The number of halogens is 1. The number of hydrogen-bond acceptors (Lipinski definition) is 5. The van der Waals surface area contributed by atoms with Crippen molar-refractivity contribution in [1.82, 2.24) is 0 Å². The third kappa shape index (κ3) is 3.69. The normalized spacial score (nSPS) is 18.4. The Morgan fingerprint density at radius 1 is 1.50 bits per heavy atom. The maximum Gasteiger partial charge on any atom is 0.337 e. The van der Waals surface area contributed by atoms with Gasteiger partial charge in [-0.15, -0.1) is 0 Å². The molecular formula is C14H17IN2O3. The second kappa shape index (κ2) is 7.03. The summed E-state index contributed by atoms with van der Waals surface area (Å²) in [7, 11) is 1.35. The Hall–Kier alpha value is -1.15. The van der Waals surface area contributed by atoms with Crippen molar-refractivity contribution >= 4 is 38.0 Å². The molecule has 1 aromatic rings. The van der Waals surface area contributed by atoms with E-state index >= 15 is 0 Å². The van der Waals surface area contributed by atoms with Crippen LogP contribution in [-0.2, 0) is 9.47 Å². The molecule has 1 heterocycles. The minimum Gasteiger partial charge on any atom is -0.465 e. The number of esters is 1. The van der Waals surface area contributed by atoms with Gasteiger partial charge in [0, 0.05) is 17.9 Å². The predicted molar refractivity (Wildman–Crippen MR) is 85.8 cm³/mol. The molecule has 0 amide bonds. The van der Waals surface area contributed by atoms with Crippen molar-refractivity contribution < 1.29 is 14.3 Å². The highest BCUT2D eigenvalue weighted by Crippen LogP contribution is 2.24. The first-order chi connectivity index (χ1) is 9.61. The summed E-state index contributed by atoms with van der Waals surface area (Å²) in [6.45, 7) is 0.759. The van der Waals surface area contributed by atoms with Crippen molar-refractivity contribution in [2.24, 2.45) is 0 Å². The molecule has 1 fully saturated rings. The van der Waals surface area contributed by atoms with Gasteiger partial charge in [-0.2, -0.15) is 0 Å². The van der Waals surface area contributed by atoms with Gasteiger partial charge >= 0.3 is 5.97 Å². The van der Waals surface area contributed by atoms with Gasteiger partial charge in [0.25, 0.3) is 0 Å². The van der Waals surface area contributed by atoms with Crippen molar-refractivity contribution in [2.45, 2.75) is 25.5 Å². The summed E-state index contributed by atoms with van der Waals surface area (Å²) in [5.74, 6) is -0.399. The quantitative estimate of drug-likeness (QED) is 0.472. The Labute approximate surface area is 131 Å². The SMILES string of the molecule is COC(=O)c1ccc(NC2CCCCO2)c(C(=N)I)c1. The van der Waals surface area contributed by atoms with Crippen molar-refractivity contribution in [3.63, 3.8) is 0 Å². The summed E-state index contributed by atoms with van der Waals surface area (Å²) in [4.78, 5) is 11.5. The molecule has 1 saturated heterocycles. The van der Waals surface area contributed by atoms with Crippen LogP contribution >= 0.6 is 22.6 Å². The van der Waals surface area contributed by atoms with Crippen molar-refractivity contribution in [2.75, 3.05) is 19.0 Å². The molecule has 5 nitrogen and oxygen atoms in total. The van der Waals surface area contributed by atoms with E-state index in [0.29, 0.717) is 14.8 Å². The molecule has 2 rings (SSSR count). The van der Waals surface area contributed by atoms with Gasteiger partial charge in [0.15, 0.2) is 0 Å². The highest BCUT2D eigenvalue weighted by atomic mass is 127. The number of rotatable bonds is 4. The Morgan fingerprint density at radius 2 is 2.30 bits per heavy atom. The van der Waals surface area contributed by atoms with Crippen molar-refractivity contribution in [1.29, 1.82) is 5.41 Å². The van der Waals surface area contributed by atoms with E-state index in [0.717, 1.165) is 31.6 Å². The first-order valence-corrected chi connectivity index (χ1v) is 7.54. The molecular weight excluding hydrogens is 371 g/mol. The standard InChI is InChI=1S/C14H17IN2O3/c1-19-14(18)9-5-6-11(10(8-9)13(15)16)17-12-4-2-3-7-20-12/h5-6,8,12,16-17H,2-4,7H2,1H3. The van der Waals surface area contributed by atoms with E-state index in [1.807, 2.05) is 22.6 Å². The summed E-state index contributed by atoms with van der Waals surface area (Å²) >= 11 is 1.93. The van der Waals surface area contributed by atoms with Gasteiger partial charge in [-0.3, -0.25) is 5.41 Å². The molecule has 1 unspecified atom stereocenters. The lowest BCUT2D eigenvalue weighted by atomic mass is 10.1. The molecule has 1 aromatic carbocycles. The number of benzene rings is 1. The predicted octanol–water partition coefficient (Wildman–Crippen LogP) is 3.17. The topological polar surface area (TPSA) is 71.4 Å². The lowest BCUT2D eigenvalue weighted by molar-refractivity contribution is 0.0343. The lowest BCUT2D eigenvalue weighted by Gasteiger charge is -2.25. The second-order valence-corrected chi connectivity index (χ2v) is 5.64. The third-order valence-electron chi connectivity index (χ3n) is 3.17. The van der Waals surface area contributed by atoms with E-state index in [2.05, 4.69) is 5.32 Å². The maximum absolute atomic E-state index is 11.5. The Balaban J connectivity index is 2.23. The number of anilines is 1. The highest BCUT2D eigenvalue weighted by molar-refractivity contribution is 14.1. The zero-order valence-corrected chi connectivity index (χ0v) is 13.4. The van der Waals surface area contributed by atoms with Crippen LogP contribution in [0.25, 0.3) is 0 Å². The van der Waals surface area contributed by atoms with Gasteiger partial charge in [0.1, 0.15) is 9.95 Å². The van der Waals surface area contributed by atoms with Crippen LogP contribution in [0.3, 0.4) is 0 Å². The average Bonchev–Trinajstić information content (AvgIpc) is 2.47. The summed E-state index contributed by atoms with van der Waals surface area (Å²) in [5.41, 5.74) is 1.94. The number of ether oxygens (including phenoxy) is 2. The van der Waals surface area contributed by atoms with Gasteiger partial charge < -0.3 is 14.8 Å². The largest absolute Gasteiger partial charge is 0.465 e. The van der Waals surface area contributed by atoms with Crippen LogP contribution in [0.15, 0.2) is 18.2 Å². The van der Waals surface area contributed by atoms with E-state index in [9.17, 15) is 4.79 Å². The third-order valence-corrected chi connectivity index (χ3v) is 3.75. The van der Waals surface area contributed by atoms with Crippen LogP contribution in [0.4, 0.5) is 5.69 Å².